The van der Waals surface area contributed by atoms with Crippen molar-refractivity contribution in [3.8, 4) is 0 Å². The number of imide groups is 1. The molecule has 0 atom stereocenters. The van der Waals surface area contributed by atoms with Gasteiger partial charge < -0.3 is 4.90 Å². The average Bonchev–Trinajstić information content (AvgIpc) is 2.46. The number of nitrogens with zero attached hydrogens (tertiary/aromatic N) is 1. The van der Waals surface area contributed by atoms with Crippen LogP contribution in [0.4, 0.5) is 0 Å². The lowest BCUT2D eigenvalue weighted by molar-refractivity contribution is -0.130. The second-order valence-electron chi connectivity index (χ2n) is 4.59. The fourth-order valence-corrected chi connectivity index (χ4v) is 1.77. The van der Waals surface area contributed by atoms with Crippen LogP contribution in [0.15, 0.2) is 24.3 Å². The summed E-state index contributed by atoms with van der Waals surface area (Å²) in [5.41, 5.74) is 0.486. The third-order valence-corrected chi connectivity index (χ3v) is 2.80. The van der Waals surface area contributed by atoms with Crippen molar-refractivity contribution < 1.29 is 19.2 Å². The molecule has 0 heterocycles. The lowest BCUT2D eigenvalue weighted by atomic mass is 10.1. The molecular formula is C15H18N2O4. The van der Waals surface area contributed by atoms with Crippen LogP contribution in [0, 0.1) is 0 Å². The van der Waals surface area contributed by atoms with Crippen LogP contribution in [0.2, 0.25) is 0 Å². The Morgan fingerprint density at radius 1 is 1.19 bits per heavy atom. The van der Waals surface area contributed by atoms with Crippen molar-refractivity contribution in [2.24, 2.45) is 0 Å². The van der Waals surface area contributed by atoms with E-state index in [1.807, 2.05) is 6.92 Å². The SMILES string of the molecule is CCCC(=O)NC(=O)CN(C)C(=O)c1ccccc1C=O. The van der Waals surface area contributed by atoms with E-state index in [1.54, 1.807) is 12.1 Å². The van der Waals surface area contributed by atoms with Crippen LogP contribution in [0.25, 0.3) is 0 Å². The van der Waals surface area contributed by atoms with Crippen LogP contribution in [0.5, 0.6) is 0 Å². The van der Waals surface area contributed by atoms with Gasteiger partial charge in [0.05, 0.1) is 12.1 Å². The van der Waals surface area contributed by atoms with Gasteiger partial charge in [0.25, 0.3) is 5.91 Å². The van der Waals surface area contributed by atoms with E-state index in [0.717, 1.165) is 4.90 Å². The van der Waals surface area contributed by atoms with Crippen molar-refractivity contribution in [1.82, 2.24) is 10.2 Å². The Kier molecular flexibility index (Phi) is 6.26. The molecule has 0 aliphatic carbocycles. The van der Waals surface area contributed by atoms with E-state index in [4.69, 9.17) is 0 Å². The number of hydrogen-bond acceptors (Lipinski definition) is 4. The molecule has 0 fully saturated rings. The minimum absolute atomic E-state index is 0.225. The van der Waals surface area contributed by atoms with Gasteiger partial charge in [0.1, 0.15) is 0 Å². The first-order chi connectivity index (χ1) is 9.99. The summed E-state index contributed by atoms with van der Waals surface area (Å²) in [6.45, 7) is 1.58. The van der Waals surface area contributed by atoms with Gasteiger partial charge in [-0.15, -0.1) is 0 Å². The monoisotopic (exact) mass is 290 g/mol. The van der Waals surface area contributed by atoms with Crippen molar-refractivity contribution in [2.45, 2.75) is 19.8 Å². The van der Waals surface area contributed by atoms with Gasteiger partial charge in [0.2, 0.25) is 11.8 Å². The van der Waals surface area contributed by atoms with Crippen LogP contribution >= 0.6 is 0 Å². The Hall–Kier alpha value is -2.50. The van der Waals surface area contributed by atoms with Gasteiger partial charge in [-0.05, 0) is 12.5 Å². The molecule has 0 aliphatic rings. The standard InChI is InChI=1S/C15H18N2O4/c1-3-6-13(19)16-14(20)9-17(2)15(21)12-8-5-4-7-11(12)10-18/h4-5,7-8,10H,3,6,9H2,1-2H3,(H,16,19,20). The Morgan fingerprint density at radius 2 is 1.86 bits per heavy atom. The predicted octanol–water partition coefficient (Wildman–Crippen LogP) is 1.01. The zero-order valence-corrected chi connectivity index (χ0v) is 12.1. The molecule has 0 aliphatic heterocycles. The van der Waals surface area contributed by atoms with E-state index in [2.05, 4.69) is 5.32 Å². The first kappa shape index (κ1) is 16.6. The molecule has 0 unspecified atom stereocenters. The van der Waals surface area contributed by atoms with Gasteiger partial charge in [-0.2, -0.15) is 0 Å². The highest BCUT2D eigenvalue weighted by Crippen LogP contribution is 2.08. The first-order valence-corrected chi connectivity index (χ1v) is 6.62. The van der Waals surface area contributed by atoms with Crippen molar-refractivity contribution in [3.63, 3.8) is 0 Å². The quantitative estimate of drug-likeness (QED) is 0.793. The van der Waals surface area contributed by atoms with Crippen molar-refractivity contribution in [3.05, 3.63) is 35.4 Å². The number of hydrogen-bond donors (Lipinski definition) is 1. The number of benzene rings is 1. The molecule has 6 nitrogen and oxygen atoms in total. The second kappa shape index (κ2) is 7.94. The number of nitrogens with one attached hydrogen (secondary N) is 1. The molecule has 112 valence electrons. The molecule has 0 bridgehead atoms. The summed E-state index contributed by atoms with van der Waals surface area (Å²) in [5.74, 6) is -1.36. The summed E-state index contributed by atoms with van der Waals surface area (Å²) < 4.78 is 0. The van der Waals surface area contributed by atoms with Gasteiger partial charge in [0.15, 0.2) is 6.29 Å². The Morgan fingerprint density at radius 3 is 2.48 bits per heavy atom. The third-order valence-electron chi connectivity index (χ3n) is 2.80. The number of likely N-dealkylation sites (N-methyl/N-ethyl adjacent to an activating group) is 1. The molecule has 1 rings (SSSR count). The molecule has 0 radical (unpaired) electrons. The van der Waals surface area contributed by atoms with Gasteiger partial charge in [0, 0.05) is 19.0 Å². The van der Waals surface area contributed by atoms with E-state index in [0.29, 0.717) is 12.7 Å². The van der Waals surface area contributed by atoms with Crippen LogP contribution < -0.4 is 5.32 Å². The molecule has 1 aromatic carbocycles. The Bertz CT molecular complexity index is 554. The summed E-state index contributed by atoms with van der Waals surface area (Å²) in [7, 11) is 1.44. The Balaban J connectivity index is 2.68. The minimum Gasteiger partial charge on any atom is -0.332 e. The summed E-state index contributed by atoms with van der Waals surface area (Å²) >= 11 is 0. The third kappa shape index (κ3) is 4.83. The van der Waals surface area contributed by atoms with Crippen molar-refractivity contribution >= 4 is 24.0 Å². The zero-order chi connectivity index (χ0) is 15.8. The molecular weight excluding hydrogens is 272 g/mol. The van der Waals surface area contributed by atoms with E-state index < -0.39 is 11.8 Å². The first-order valence-electron chi connectivity index (χ1n) is 6.62. The van der Waals surface area contributed by atoms with Gasteiger partial charge in [-0.3, -0.25) is 24.5 Å². The van der Waals surface area contributed by atoms with Crippen molar-refractivity contribution in [2.75, 3.05) is 13.6 Å². The lowest BCUT2D eigenvalue weighted by Gasteiger charge is -2.17. The number of aldehydes is 1. The van der Waals surface area contributed by atoms with Gasteiger partial charge >= 0.3 is 0 Å². The topological polar surface area (TPSA) is 83.6 Å². The smallest absolute Gasteiger partial charge is 0.254 e. The summed E-state index contributed by atoms with van der Waals surface area (Å²) in [6, 6.07) is 6.33. The van der Waals surface area contributed by atoms with E-state index in [-0.39, 0.29) is 30.0 Å². The van der Waals surface area contributed by atoms with Gasteiger partial charge in [-0.25, -0.2) is 0 Å². The normalized spacial score (nSPS) is 9.81. The maximum absolute atomic E-state index is 12.2. The molecule has 0 saturated carbocycles. The van der Waals surface area contributed by atoms with Crippen LogP contribution in [0.3, 0.4) is 0 Å². The van der Waals surface area contributed by atoms with Crippen LogP contribution in [-0.4, -0.2) is 42.5 Å². The second-order valence-corrected chi connectivity index (χ2v) is 4.59. The maximum Gasteiger partial charge on any atom is 0.254 e. The molecule has 1 aromatic rings. The summed E-state index contributed by atoms with van der Waals surface area (Å²) in [6.07, 6.45) is 1.49. The van der Waals surface area contributed by atoms with E-state index in [1.165, 1.54) is 19.2 Å². The fourth-order valence-electron chi connectivity index (χ4n) is 1.77. The maximum atomic E-state index is 12.2. The lowest BCUT2D eigenvalue weighted by Crippen LogP contribution is -2.41. The largest absolute Gasteiger partial charge is 0.332 e. The predicted molar refractivity (Wildman–Crippen MR) is 76.8 cm³/mol. The fraction of sp³-hybridized carbons (Fsp3) is 0.333. The molecule has 0 aromatic heterocycles. The highest BCUT2D eigenvalue weighted by molar-refractivity contribution is 6.03. The Labute approximate surface area is 123 Å². The molecule has 0 saturated heterocycles. The molecule has 0 spiro atoms. The molecule has 6 heteroatoms. The van der Waals surface area contributed by atoms with Crippen LogP contribution in [-0.2, 0) is 9.59 Å². The number of carbonyl (C=O) groups excluding carboxylic acids is 4. The van der Waals surface area contributed by atoms with E-state index >= 15 is 0 Å². The van der Waals surface area contributed by atoms with Crippen molar-refractivity contribution in [1.29, 1.82) is 0 Å². The van der Waals surface area contributed by atoms with Gasteiger partial charge in [-0.1, -0.05) is 25.1 Å². The molecule has 3 amide bonds. The molecule has 21 heavy (non-hydrogen) atoms. The number of rotatable bonds is 6. The summed E-state index contributed by atoms with van der Waals surface area (Å²) in [5, 5.41) is 2.21. The average molecular weight is 290 g/mol. The van der Waals surface area contributed by atoms with Crippen LogP contribution in [0.1, 0.15) is 40.5 Å². The molecule has 1 N–H and O–H groups in total. The summed E-state index contributed by atoms with van der Waals surface area (Å²) in [4.78, 5) is 47.2. The number of amides is 3. The highest BCUT2D eigenvalue weighted by atomic mass is 16.2. The van der Waals surface area contributed by atoms with E-state index in [9.17, 15) is 19.2 Å². The minimum atomic E-state index is -0.548. The number of carbonyl (C=O) groups is 4. The zero-order valence-electron chi connectivity index (χ0n) is 12.1. The highest BCUT2D eigenvalue weighted by Gasteiger charge is 2.18.